The quantitative estimate of drug-likeness (QED) is 0.649. The van der Waals surface area contributed by atoms with Crippen LogP contribution in [0.4, 0.5) is 14.5 Å². The van der Waals surface area contributed by atoms with Gasteiger partial charge in [-0.3, -0.25) is 0 Å². The average molecular weight is 394 g/mol. The molecule has 146 valence electrons. The summed E-state index contributed by atoms with van der Waals surface area (Å²) >= 11 is 5.34. The molecule has 0 aliphatic rings. The van der Waals surface area contributed by atoms with Crippen LogP contribution in [-0.4, -0.2) is 37.3 Å². The van der Waals surface area contributed by atoms with Crippen LogP contribution in [0.3, 0.4) is 0 Å². The molecule has 0 aromatic heterocycles. The van der Waals surface area contributed by atoms with Crippen molar-refractivity contribution in [2.45, 2.75) is 26.0 Å². The van der Waals surface area contributed by atoms with Gasteiger partial charge < -0.3 is 20.3 Å². The van der Waals surface area contributed by atoms with Crippen molar-refractivity contribution in [2.75, 3.05) is 26.0 Å². The maximum Gasteiger partial charge on any atom is 0.387 e. The lowest BCUT2D eigenvalue weighted by Gasteiger charge is -2.26. The first-order valence-corrected chi connectivity index (χ1v) is 9.15. The van der Waals surface area contributed by atoms with Crippen molar-refractivity contribution in [3.05, 3.63) is 59.7 Å². The number of anilines is 1. The highest BCUT2D eigenvalue weighted by molar-refractivity contribution is 7.80. The van der Waals surface area contributed by atoms with Gasteiger partial charge in [-0.25, -0.2) is 0 Å². The van der Waals surface area contributed by atoms with E-state index in [0.717, 1.165) is 6.42 Å². The molecule has 0 unspecified atom stereocenters. The molecule has 0 radical (unpaired) electrons. The minimum absolute atomic E-state index is 0.109. The molecule has 1 atom stereocenters. The van der Waals surface area contributed by atoms with Crippen molar-refractivity contribution in [3.8, 4) is 5.75 Å². The molecule has 0 heterocycles. The number of thiocarbonyl (C=S) groups is 1. The molecule has 2 N–H and O–H groups in total. The van der Waals surface area contributed by atoms with Gasteiger partial charge in [0, 0.05) is 12.2 Å². The molecular formula is C20H25F2N3OS. The number of likely N-dealkylation sites (N-methyl/N-ethyl adjacent to an activating group) is 1. The van der Waals surface area contributed by atoms with Gasteiger partial charge in [0.25, 0.3) is 0 Å². The molecular weight excluding hydrogens is 368 g/mol. The predicted molar refractivity (Wildman–Crippen MR) is 110 cm³/mol. The Kier molecular flexibility index (Phi) is 7.94. The average Bonchev–Trinajstić information content (AvgIpc) is 2.63. The molecule has 0 saturated carbocycles. The molecule has 4 nitrogen and oxygen atoms in total. The Labute approximate surface area is 164 Å². The number of halogens is 2. The van der Waals surface area contributed by atoms with Gasteiger partial charge in [-0.2, -0.15) is 8.78 Å². The van der Waals surface area contributed by atoms with Gasteiger partial charge in [-0.05, 0) is 68.1 Å². The molecule has 27 heavy (non-hydrogen) atoms. The molecule has 0 amide bonds. The van der Waals surface area contributed by atoms with Crippen LogP contribution >= 0.6 is 12.2 Å². The first-order valence-electron chi connectivity index (χ1n) is 8.74. The van der Waals surface area contributed by atoms with Crippen molar-refractivity contribution < 1.29 is 13.5 Å². The van der Waals surface area contributed by atoms with Crippen LogP contribution in [0.2, 0.25) is 0 Å². The molecule has 0 saturated heterocycles. The van der Waals surface area contributed by atoms with E-state index in [1.54, 1.807) is 12.1 Å². The fourth-order valence-electron chi connectivity index (χ4n) is 2.66. The van der Waals surface area contributed by atoms with Gasteiger partial charge in [-0.1, -0.05) is 31.2 Å². The zero-order chi connectivity index (χ0) is 19.8. The number of hydrogen-bond donors (Lipinski definition) is 2. The van der Waals surface area contributed by atoms with Crippen LogP contribution in [0.25, 0.3) is 0 Å². The number of aryl methyl sites for hydroxylation is 1. The monoisotopic (exact) mass is 393 g/mol. The summed E-state index contributed by atoms with van der Waals surface area (Å²) in [7, 11) is 4.05. The van der Waals surface area contributed by atoms with Crippen LogP contribution in [0, 0.1) is 0 Å². The number of nitrogens with one attached hydrogen (secondary N) is 2. The summed E-state index contributed by atoms with van der Waals surface area (Å²) in [5.41, 5.74) is 3.21. The Morgan fingerprint density at radius 3 is 2.22 bits per heavy atom. The highest BCUT2D eigenvalue weighted by Crippen LogP contribution is 2.19. The molecule has 0 fully saturated rings. The van der Waals surface area contributed by atoms with Gasteiger partial charge >= 0.3 is 6.61 Å². The second kappa shape index (κ2) is 10.2. The van der Waals surface area contributed by atoms with E-state index in [1.807, 2.05) is 14.1 Å². The normalized spacial score (nSPS) is 12.1. The lowest BCUT2D eigenvalue weighted by Crippen LogP contribution is -2.36. The third kappa shape index (κ3) is 6.77. The number of hydrogen-bond acceptors (Lipinski definition) is 3. The first-order chi connectivity index (χ1) is 12.9. The largest absolute Gasteiger partial charge is 0.435 e. The molecule has 0 spiro atoms. The number of ether oxygens (including phenoxy) is 1. The SMILES string of the molecule is CCc1ccc([C@H](CNC(=S)Nc2ccc(OC(F)F)cc2)N(C)C)cc1. The summed E-state index contributed by atoms with van der Waals surface area (Å²) in [5.74, 6) is 0.109. The minimum Gasteiger partial charge on any atom is -0.435 e. The van der Waals surface area contributed by atoms with Crippen LogP contribution in [0.5, 0.6) is 5.75 Å². The zero-order valence-electron chi connectivity index (χ0n) is 15.7. The van der Waals surface area contributed by atoms with E-state index in [2.05, 4.69) is 51.5 Å². The van der Waals surface area contributed by atoms with E-state index in [0.29, 0.717) is 17.3 Å². The molecule has 0 bridgehead atoms. The van der Waals surface area contributed by atoms with Gasteiger partial charge in [0.2, 0.25) is 0 Å². The van der Waals surface area contributed by atoms with Crippen molar-refractivity contribution in [3.63, 3.8) is 0 Å². The first kappa shape index (κ1) is 21.1. The Morgan fingerprint density at radius 1 is 1.07 bits per heavy atom. The lowest BCUT2D eigenvalue weighted by molar-refractivity contribution is -0.0498. The zero-order valence-corrected chi connectivity index (χ0v) is 16.5. The minimum atomic E-state index is -2.83. The third-order valence-corrected chi connectivity index (χ3v) is 4.44. The van der Waals surface area contributed by atoms with E-state index in [1.165, 1.54) is 23.3 Å². The van der Waals surface area contributed by atoms with Gasteiger partial charge in [0.05, 0.1) is 6.04 Å². The fourth-order valence-corrected chi connectivity index (χ4v) is 2.86. The smallest absolute Gasteiger partial charge is 0.387 e. The van der Waals surface area contributed by atoms with Gasteiger partial charge in [0.1, 0.15) is 5.75 Å². The van der Waals surface area contributed by atoms with E-state index in [4.69, 9.17) is 12.2 Å². The predicted octanol–water partition coefficient (Wildman–Crippen LogP) is 4.44. The van der Waals surface area contributed by atoms with E-state index in [9.17, 15) is 8.78 Å². The molecule has 2 aromatic rings. The maximum absolute atomic E-state index is 12.2. The summed E-state index contributed by atoms with van der Waals surface area (Å²) in [5, 5.41) is 6.73. The molecule has 2 rings (SSSR count). The number of alkyl halides is 2. The summed E-state index contributed by atoms with van der Waals surface area (Å²) < 4.78 is 28.7. The summed E-state index contributed by atoms with van der Waals surface area (Å²) in [6.07, 6.45) is 1.01. The topological polar surface area (TPSA) is 36.5 Å². The van der Waals surface area contributed by atoms with Gasteiger partial charge in [-0.15, -0.1) is 0 Å². The van der Waals surface area contributed by atoms with Crippen LogP contribution in [0.1, 0.15) is 24.1 Å². The van der Waals surface area contributed by atoms with Crippen LogP contribution in [-0.2, 0) is 6.42 Å². The summed E-state index contributed by atoms with van der Waals surface area (Å²) in [4.78, 5) is 2.13. The molecule has 7 heteroatoms. The lowest BCUT2D eigenvalue weighted by atomic mass is 10.0. The van der Waals surface area contributed by atoms with Gasteiger partial charge in [0.15, 0.2) is 5.11 Å². The van der Waals surface area contributed by atoms with Crippen LogP contribution < -0.4 is 15.4 Å². The van der Waals surface area contributed by atoms with Crippen molar-refractivity contribution in [1.29, 1.82) is 0 Å². The fraction of sp³-hybridized carbons (Fsp3) is 0.350. The van der Waals surface area contributed by atoms with E-state index < -0.39 is 6.61 Å². The highest BCUT2D eigenvalue weighted by atomic mass is 32.1. The van der Waals surface area contributed by atoms with Crippen LogP contribution in [0.15, 0.2) is 48.5 Å². The Hall–Kier alpha value is -2.25. The van der Waals surface area contributed by atoms with E-state index >= 15 is 0 Å². The number of benzene rings is 2. The maximum atomic E-state index is 12.2. The standard InChI is InChI=1S/C20H25F2N3OS/c1-4-14-5-7-15(8-6-14)18(25(2)3)13-23-20(27)24-16-9-11-17(12-10-16)26-19(21)22/h5-12,18-19H,4,13H2,1-3H3,(H2,23,24,27)/t18-/m0/s1. The number of rotatable bonds is 8. The van der Waals surface area contributed by atoms with Crippen molar-refractivity contribution >= 4 is 23.0 Å². The second-order valence-electron chi connectivity index (χ2n) is 6.31. The molecule has 2 aromatic carbocycles. The summed E-state index contributed by atoms with van der Waals surface area (Å²) in [6.45, 7) is -0.0615. The Morgan fingerprint density at radius 2 is 1.70 bits per heavy atom. The highest BCUT2D eigenvalue weighted by Gasteiger charge is 2.14. The van der Waals surface area contributed by atoms with E-state index in [-0.39, 0.29) is 11.8 Å². The van der Waals surface area contributed by atoms with Crippen molar-refractivity contribution in [1.82, 2.24) is 10.2 Å². The third-order valence-electron chi connectivity index (χ3n) is 4.19. The molecule has 0 aliphatic heterocycles. The Balaban J connectivity index is 1.91. The van der Waals surface area contributed by atoms with Crippen molar-refractivity contribution in [2.24, 2.45) is 0 Å². The number of nitrogens with zero attached hydrogens (tertiary/aromatic N) is 1. The molecule has 0 aliphatic carbocycles. The summed E-state index contributed by atoms with van der Waals surface area (Å²) in [6, 6.07) is 14.9. The Bertz CT molecular complexity index is 721. The second-order valence-corrected chi connectivity index (χ2v) is 6.72.